The first-order valence-corrected chi connectivity index (χ1v) is 6.82. The summed E-state index contributed by atoms with van der Waals surface area (Å²) in [6, 6.07) is -0.567. The molecule has 0 saturated carbocycles. The third kappa shape index (κ3) is 2.70. The second-order valence-corrected chi connectivity index (χ2v) is 6.32. The summed E-state index contributed by atoms with van der Waals surface area (Å²) in [5.74, 6) is -0.783. The van der Waals surface area contributed by atoms with E-state index in [1.807, 2.05) is 0 Å². The van der Waals surface area contributed by atoms with Gasteiger partial charge in [0, 0.05) is 11.7 Å². The van der Waals surface area contributed by atoms with Gasteiger partial charge in [-0.05, 0) is 12.8 Å². The SMILES string of the molecule is NC1(N)S[C@H](CCCCC(=O)O)[C@@H]2NC(=O)N[C@@H]21. The summed E-state index contributed by atoms with van der Waals surface area (Å²) in [7, 11) is 0. The van der Waals surface area contributed by atoms with Crippen LogP contribution in [0.25, 0.3) is 0 Å². The second-order valence-electron chi connectivity index (χ2n) is 4.77. The molecule has 2 amide bonds. The summed E-state index contributed by atoms with van der Waals surface area (Å²) in [6.45, 7) is 0. The minimum absolute atomic E-state index is 0.0673. The van der Waals surface area contributed by atoms with Crippen LogP contribution in [0.5, 0.6) is 0 Å². The number of thioether (sulfide) groups is 1. The van der Waals surface area contributed by atoms with Crippen LogP contribution in [0.3, 0.4) is 0 Å². The summed E-state index contributed by atoms with van der Waals surface area (Å²) in [5, 5.41) is 14.3. The topological polar surface area (TPSA) is 130 Å². The number of carbonyl (C=O) groups excluding carboxylic acids is 1. The molecule has 0 bridgehead atoms. The normalized spacial score (nSPS) is 32.8. The zero-order chi connectivity index (χ0) is 13.3. The van der Waals surface area contributed by atoms with Crippen molar-refractivity contribution in [2.45, 2.75) is 48.0 Å². The first-order chi connectivity index (χ1) is 8.40. The van der Waals surface area contributed by atoms with Crippen LogP contribution in [0.4, 0.5) is 4.79 Å². The Bertz CT molecular complexity index is 363. The predicted octanol–water partition coefficient (Wildman–Crippen LogP) is -0.632. The number of carboxylic acids is 1. The molecule has 0 radical (unpaired) electrons. The molecule has 3 atom stereocenters. The van der Waals surface area contributed by atoms with Gasteiger partial charge in [-0.1, -0.05) is 6.42 Å². The van der Waals surface area contributed by atoms with Gasteiger partial charge in [0.2, 0.25) is 0 Å². The number of hydrogen-bond donors (Lipinski definition) is 5. The fourth-order valence-corrected chi connectivity index (χ4v) is 4.01. The van der Waals surface area contributed by atoms with Gasteiger partial charge < -0.3 is 27.2 Å². The third-order valence-electron chi connectivity index (χ3n) is 3.31. The lowest BCUT2D eigenvalue weighted by atomic mass is 10.0. The lowest BCUT2D eigenvalue weighted by Gasteiger charge is -2.23. The number of carboxylic acid groups (broad SMARTS) is 1. The molecule has 2 fully saturated rings. The van der Waals surface area contributed by atoms with E-state index in [1.54, 1.807) is 0 Å². The Morgan fingerprint density at radius 3 is 2.78 bits per heavy atom. The largest absolute Gasteiger partial charge is 0.481 e. The minimum atomic E-state index is -0.957. The van der Waals surface area contributed by atoms with E-state index in [1.165, 1.54) is 11.8 Å². The van der Waals surface area contributed by atoms with Crippen LogP contribution >= 0.6 is 11.8 Å². The zero-order valence-corrected chi connectivity index (χ0v) is 10.7. The van der Waals surface area contributed by atoms with Gasteiger partial charge >= 0.3 is 12.0 Å². The highest BCUT2D eigenvalue weighted by Crippen LogP contribution is 2.40. The highest BCUT2D eigenvalue weighted by Gasteiger charge is 2.54. The van der Waals surface area contributed by atoms with Crippen molar-refractivity contribution in [3.05, 3.63) is 0 Å². The molecule has 0 spiro atoms. The number of nitrogens with one attached hydrogen (secondary N) is 2. The number of hydrogen-bond acceptors (Lipinski definition) is 5. The van der Waals surface area contributed by atoms with Crippen molar-refractivity contribution in [1.82, 2.24) is 10.6 Å². The monoisotopic (exact) mass is 274 g/mol. The van der Waals surface area contributed by atoms with E-state index in [2.05, 4.69) is 10.6 Å². The summed E-state index contributed by atoms with van der Waals surface area (Å²) in [4.78, 5) is 20.7. The van der Waals surface area contributed by atoms with Crippen LogP contribution in [0, 0.1) is 0 Å². The molecule has 0 aromatic rings. The van der Waals surface area contributed by atoms with E-state index < -0.39 is 11.0 Å². The van der Waals surface area contributed by atoms with Crippen molar-refractivity contribution in [2.75, 3.05) is 0 Å². The number of aliphatic carboxylic acids is 1. The number of fused-ring (bicyclic) bond motifs is 1. The maximum Gasteiger partial charge on any atom is 0.315 e. The van der Waals surface area contributed by atoms with Crippen molar-refractivity contribution < 1.29 is 14.7 Å². The molecule has 2 aliphatic heterocycles. The average molecular weight is 274 g/mol. The molecule has 102 valence electrons. The van der Waals surface area contributed by atoms with Crippen molar-refractivity contribution in [3.63, 3.8) is 0 Å². The van der Waals surface area contributed by atoms with E-state index >= 15 is 0 Å². The number of urea groups is 1. The Kier molecular flexibility index (Phi) is 3.69. The van der Waals surface area contributed by atoms with Gasteiger partial charge in [-0.25, -0.2) is 4.79 Å². The number of carbonyl (C=O) groups is 2. The lowest BCUT2D eigenvalue weighted by Crippen LogP contribution is -2.59. The van der Waals surface area contributed by atoms with Crippen LogP contribution in [0.15, 0.2) is 0 Å². The predicted molar refractivity (Wildman–Crippen MR) is 67.8 cm³/mol. The molecule has 18 heavy (non-hydrogen) atoms. The number of nitrogens with two attached hydrogens (primary N) is 2. The minimum Gasteiger partial charge on any atom is -0.481 e. The quantitative estimate of drug-likeness (QED) is 0.258. The maximum atomic E-state index is 11.3. The maximum absolute atomic E-state index is 11.3. The summed E-state index contributed by atoms with van der Waals surface area (Å²) >= 11 is 1.45. The van der Waals surface area contributed by atoms with Crippen molar-refractivity contribution in [2.24, 2.45) is 11.5 Å². The summed E-state index contributed by atoms with van der Waals surface area (Å²) < 4.78 is 0. The smallest absolute Gasteiger partial charge is 0.315 e. The van der Waals surface area contributed by atoms with E-state index in [-0.39, 0.29) is 29.8 Å². The number of amides is 2. The van der Waals surface area contributed by atoms with E-state index in [0.717, 1.165) is 12.8 Å². The van der Waals surface area contributed by atoms with Crippen molar-refractivity contribution >= 4 is 23.8 Å². The van der Waals surface area contributed by atoms with Crippen molar-refractivity contribution in [1.29, 1.82) is 0 Å². The highest BCUT2D eigenvalue weighted by molar-refractivity contribution is 8.01. The van der Waals surface area contributed by atoms with Crippen LogP contribution in [0.2, 0.25) is 0 Å². The highest BCUT2D eigenvalue weighted by atomic mass is 32.2. The molecule has 2 saturated heterocycles. The fraction of sp³-hybridized carbons (Fsp3) is 0.800. The zero-order valence-electron chi connectivity index (χ0n) is 9.89. The van der Waals surface area contributed by atoms with Crippen LogP contribution in [-0.4, -0.2) is 39.4 Å². The molecule has 2 aliphatic rings. The second kappa shape index (κ2) is 4.94. The molecule has 0 unspecified atom stereocenters. The summed E-state index contributed by atoms with van der Waals surface area (Å²) in [6.07, 6.45) is 2.40. The molecular weight excluding hydrogens is 256 g/mol. The van der Waals surface area contributed by atoms with Gasteiger partial charge in [0.25, 0.3) is 0 Å². The molecular formula is C10H18N4O3S. The van der Waals surface area contributed by atoms with Crippen LogP contribution in [-0.2, 0) is 4.79 Å². The standard InChI is InChI=1S/C10H18N4O3S/c11-10(12)8-7(13-9(17)14-8)5(18-10)3-1-2-4-6(15)16/h5,7-8H,1-4,11-12H2,(H,15,16)(H2,13,14,17)/t5-,7+,8+/m1/s1. The van der Waals surface area contributed by atoms with E-state index in [9.17, 15) is 9.59 Å². The molecule has 2 rings (SSSR count). The Morgan fingerprint density at radius 1 is 1.39 bits per heavy atom. The Balaban J connectivity index is 1.86. The average Bonchev–Trinajstić information content (AvgIpc) is 2.73. The molecule has 0 aromatic heterocycles. The molecule has 7 N–H and O–H groups in total. The van der Waals surface area contributed by atoms with Gasteiger partial charge in [-0.15, -0.1) is 11.8 Å². The van der Waals surface area contributed by atoms with Crippen LogP contribution in [0.1, 0.15) is 25.7 Å². The molecule has 0 aromatic carbocycles. The first kappa shape index (κ1) is 13.4. The Hall–Kier alpha value is -0.990. The fourth-order valence-electron chi connectivity index (χ4n) is 2.48. The summed E-state index contributed by atoms with van der Waals surface area (Å²) in [5.41, 5.74) is 11.9. The first-order valence-electron chi connectivity index (χ1n) is 5.94. The Morgan fingerprint density at radius 2 is 2.11 bits per heavy atom. The Labute approximate surface area is 109 Å². The van der Waals surface area contributed by atoms with Gasteiger partial charge in [-0.2, -0.15) is 0 Å². The van der Waals surface area contributed by atoms with Crippen molar-refractivity contribution in [3.8, 4) is 0 Å². The third-order valence-corrected chi connectivity index (χ3v) is 4.81. The lowest BCUT2D eigenvalue weighted by molar-refractivity contribution is -0.137. The van der Waals surface area contributed by atoms with E-state index in [0.29, 0.717) is 6.42 Å². The molecule has 2 heterocycles. The van der Waals surface area contributed by atoms with Crippen LogP contribution < -0.4 is 22.1 Å². The van der Waals surface area contributed by atoms with E-state index in [4.69, 9.17) is 16.6 Å². The number of unbranched alkanes of at least 4 members (excludes halogenated alkanes) is 1. The molecule has 0 aliphatic carbocycles. The van der Waals surface area contributed by atoms with Gasteiger partial charge in [0.05, 0.1) is 12.1 Å². The van der Waals surface area contributed by atoms with Gasteiger partial charge in [-0.3, -0.25) is 4.79 Å². The molecule has 7 nitrogen and oxygen atoms in total. The van der Waals surface area contributed by atoms with Gasteiger partial charge in [0.15, 0.2) is 0 Å². The molecule has 8 heteroatoms. The van der Waals surface area contributed by atoms with Gasteiger partial charge in [0.1, 0.15) is 4.99 Å². The number of rotatable bonds is 5.